The van der Waals surface area contributed by atoms with Crippen LogP contribution in [0.4, 0.5) is 0 Å². The van der Waals surface area contributed by atoms with E-state index in [0.717, 1.165) is 5.69 Å². The van der Waals surface area contributed by atoms with E-state index in [0.29, 0.717) is 4.77 Å². The summed E-state index contributed by atoms with van der Waals surface area (Å²) < 4.78 is 25.4. The summed E-state index contributed by atoms with van der Waals surface area (Å²) in [7, 11) is -3.11. The van der Waals surface area contributed by atoms with Gasteiger partial charge in [0.2, 0.25) is 4.77 Å². The molecule has 9 heteroatoms. The second kappa shape index (κ2) is 6.15. The second-order valence-corrected chi connectivity index (χ2v) is 7.06. The van der Waals surface area contributed by atoms with E-state index in [4.69, 9.17) is 39.0 Å². The summed E-state index contributed by atoms with van der Waals surface area (Å²) in [6.07, 6.45) is 0.240. The largest absolute Gasteiger partial charge is 0.341 e. The van der Waals surface area contributed by atoms with Crippen molar-refractivity contribution in [3.8, 4) is 5.69 Å². The maximum atomic E-state index is 11.7. The van der Waals surface area contributed by atoms with E-state index >= 15 is 0 Å². The molecule has 1 atom stereocenters. The summed E-state index contributed by atoms with van der Waals surface area (Å²) in [5.74, 6) is 0. The number of hydrogen-bond acceptors (Lipinski definition) is 5. The first-order chi connectivity index (χ1) is 9.44. The van der Waals surface area contributed by atoms with E-state index in [1.54, 1.807) is 6.92 Å². The third-order valence-electron chi connectivity index (χ3n) is 2.63. The summed E-state index contributed by atoms with van der Waals surface area (Å²) in [4.78, 5) is 0.134. The van der Waals surface area contributed by atoms with Gasteiger partial charge in [-0.25, -0.2) is 0 Å². The van der Waals surface area contributed by atoms with E-state index < -0.39 is 7.52 Å². The molecule has 1 unspecified atom stereocenters. The highest BCUT2D eigenvalue weighted by Crippen LogP contribution is 2.37. The molecular formula is C11H14N3O3PS2. The van der Waals surface area contributed by atoms with Crippen LogP contribution in [0.2, 0.25) is 0 Å². The van der Waals surface area contributed by atoms with Crippen LogP contribution >= 0.6 is 32.0 Å². The standard InChI is InChI=1S/C11H14N3O3PS2/c1-2-18(12,15)16-8-13-10(19)14(17-11(13)20)9-6-4-3-5-7-9/h3-7H,2,8H2,1H3,(H2,12,15). The summed E-state index contributed by atoms with van der Waals surface area (Å²) >= 11 is 10.4. The van der Waals surface area contributed by atoms with Gasteiger partial charge in [-0.1, -0.05) is 25.1 Å². The van der Waals surface area contributed by atoms with Gasteiger partial charge < -0.3 is 4.52 Å². The Morgan fingerprint density at radius 2 is 2.00 bits per heavy atom. The number of rotatable bonds is 5. The Labute approximate surface area is 126 Å². The lowest BCUT2D eigenvalue weighted by atomic mass is 10.3. The number of benzene rings is 1. The maximum Gasteiger partial charge on any atom is 0.298 e. The number of nitrogens with two attached hydrogens (primary N) is 1. The van der Waals surface area contributed by atoms with E-state index in [9.17, 15) is 4.57 Å². The normalized spacial score (nSPS) is 14.1. The first-order valence-electron chi connectivity index (χ1n) is 5.85. The molecule has 6 nitrogen and oxygen atoms in total. The fraction of sp³-hybridized carbons (Fsp3) is 0.273. The van der Waals surface area contributed by atoms with Crippen molar-refractivity contribution in [3.05, 3.63) is 39.9 Å². The topological polar surface area (TPSA) is 75.3 Å². The van der Waals surface area contributed by atoms with Crippen molar-refractivity contribution < 1.29 is 13.6 Å². The second-order valence-electron chi connectivity index (χ2n) is 4.00. The Kier molecular flexibility index (Phi) is 4.72. The zero-order valence-corrected chi connectivity index (χ0v) is 13.3. The minimum atomic E-state index is -3.11. The van der Waals surface area contributed by atoms with Crippen LogP contribution in [-0.2, 0) is 15.8 Å². The average molecular weight is 331 g/mol. The number of para-hydroxylation sites is 1. The lowest BCUT2D eigenvalue weighted by molar-refractivity contribution is 0.229. The van der Waals surface area contributed by atoms with Gasteiger partial charge in [-0.2, -0.15) is 0 Å². The minimum absolute atomic E-state index is 0.0946. The van der Waals surface area contributed by atoms with Crippen LogP contribution in [0, 0.1) is 9.61 Å². The van der Waals surface area contributed by atoms with Crippen molar-refractivity contribution in [2.75, 3.05) is 6.16 Å². The molecule has 0 aliphatic carbocycles. The van der Waals surface area contributed by atoms with Crippen molar-refractivity contribution >= 4 is 32.0 Å². The molecule has 20 heavy (non-hydrogen) atoms. The maximum absolute atomic E-state index is 11.7. The van der Waals surface area contributed by atoms with Gasteiger partial charge in [-0.05, 0) is 36.6 Å². The van der Waals surface area contributed by atoms with Gasteiger partial charge in [0.05, 0.1) is 5.69 Å². The first kappa shape index (κ1) is 15.3. The summed E-state index contributed by atoms with van der Waals surface area (Å²) in [5, 5.41) is 0. The van der Waals surface area contributed by atoms with Crippen molar-refractivity contribution in [2.24, 2.45) is 5.50 Å². The van der Waals surface area contributed by atoms with Gasteiger partial charge in [0.15, 0.2) is 0 Å². The molecule has 0 aliphatic heterocycles. The predicted molar refractivity (Wildman–Crippen MR) is 81.1 cm³/mol. The molecule has 2 N–H and O–H groups in total. The molecule has 0 radical (unpaired) electrons. The highest BCUT2D eigenvalue weighted by molar-refractivity contribution is 7.72. The highest BCUT2D eigenvalue weighted by Gasteiger charge is 2.15. The van der Waals surface area contributed by atoms with Gasteiger partial charge in [0, 0.05) is 6.16 Å². The molecule has 1 heterocycles. The van der Waals surface area contributed by atoms with Gasteiger partial charge in [0.25, 0.3) is 12.4 Å². The summed E-state index contributed by atoms with van der Waals surface area (Å²) in [5.41, 5.74) is 6.24. The van der Waals surface area contributed by atoms with Crippen LogP contribution in [0.15, 0.2) is 34.9 Å². The van der Waals surface area contributed by atoms with Gasteiger partial charge in [-0.3, -0.25) is 19.2 Å². The van der Waals surface area contributed by atoms with Gasteiger partial charge in [-0.15, -0.1) is 4.74 Å². The van der Waals surface area contributed by atoms with Crippen molar-refractivity contribution in [2.45, 2.75) is 13.7 Å². The van der Waals surface area contributed by atoms with Crippen LogP contribution in [0.5, 0.6) is 0 Å². The SMILES string of the molecule is CCP(N)(=O)OCn1c(=S)on(-c2ccccc2)c1=S. The molecule has 0 bridgehead atoms. The third-order valence-corrected chi connectivity index (χ3v) is 4.75. The Morgan fingerprint density at radius 3 is 2.60 bits per heavy atom. The van der Waals surface area contributed by atoms with Crippen LogP contribution < -0.4 is 5.50 Å². The van der Waals surface area contributed by atoms with E-state index in [1.807, 2.05) is 30.3 Å². The van der Waals surface area contributed by atoms with E-state index in [-0.39, 0.29) is 17.7 Å². The fourth-order valence-electron chi connectivity index (χ4n) is 1.44. The first-order valence-corrected chi connectivity index (χ1v) is 8.55. The minimum Gasteiger partial charge on any atom is -0.341 e. The molecule has 0 spiro atoms. The molecule has 0 saturated heterocycles. The Bertz CT molecular complexity index is 750. The zero-order valence-electron chi connectivity index (χ0n) is 10.8. The molecule has 1 aromatic carbocycles. The highest BCUT2D eigenvalue weighted by atomic mass is 32.1. The van der Waals surface area contributed by atoms with E-state index in [1.165, 1.54) is 9.31 Å². The van der Waals surface area contributed by atoms with E-state index in [2.05, 4.69) is 0 Å². The molecule has 2 rings (SSSR count). The quantitative estimate of drug-likeness (QED) is 0.668. The van der Waals surface area contributed by atoms with Crippen molar-refractivity contribution in [1.29, 1.82) is 0 Å². The van der Waals surface area contributed by atoms with Gasteiger partial charge in [0.1, 0.15) is 6.73 Å². The molecule has 2 aromatic rings. The number of hydrogen-bond donors (Lipinski definition) is 1. The Hall–Kier alpha value is -1.05. The molecular weight excluding hydrogens is 317 g/mol. The van der Waals surface area contributed by atoms with Crippen LogP contribution in [-0.4, -0.2) is 15.5 Å². The fourth-order valence-corrected chi connectivity index (χ4v) is 2.48. The molecule has 108 valence electrons. The zero-order chi connectivity index (χ0) is 14.8. The predicted octanol–water partition coefficient (Wildman–Crippen LogP) is 3.48. The molecule has 0 fully saturated rings. The number of nitrogens with zero attached hydrogens (tertiary/aromatic N) is 2. The average Bonchev–Trinajstić information content (AvgIpc) is 2.73. The Balaban J connectivity index is 2.34. The molecule has 0 amide bonds. The third kappa shape index (κ3) is 3.34. The van der Waals surface area contributed by atoms with Crippen molar-refractivity contribution in [1.82, 2.24) is 9.31 Å². The summed E-state index contributed by atoms with van der Waals surface area (Å²) in [6, 6.07) is 9.26. The lowest BCUT2D eigenvalue weighted by Crippen LogP contribution is -2.08. The van der Waals surface area contributed by atoms with Crippen molar-refractivity contribution in [3.63, 3.8) is 0 Å². The molecule has 0 aliphatic rings. The van der Waals surface area contributed by atoms with Crippen LogP contribution in [0.1, 0.15) is 6.92 Å². The smallest absolute Gasteiger partial charge is 0.298 e. The number of aromatic nitrogens is 2. The molecule has 1 aromatic heterocycles. The molecule has 0 saturated carbocycles. The van der Waals surface area contributed by atoms with Crippen LogP contribution in [0.25, 0.3) is 5.69 Å². The van der Waals surface area contributed by atoms with Crippen LogP contribution in [0.3, 0.4) is 0 Å². The lowest BCUT2D eigenvalue weighted by Gasteiger charge is -2.10. The Morgan fingerprint density at radius 1 is 1.35 bits per heavy atom. The monoisotopic (exact) mass is 331 g/mol. The van der Waals surface area contributed by atoms with Gasteiger partial charge >= 0.3 is 0 Å². The summed E-state index contributed by atoms with van der Waals surface area (Å²) in [6.45, 7) is 1.59.